The van der Waals surface area contributed by atoms with Gasteiger partial charge in [0.05, 0.1) is 11.8 Å². The Morgan fingerprint density at radius 1 is 0.862 bits per heavy atom. The summed E-state index contributed by atoms with van der Waals surface area (Å²) in [5, 5.41) is 14.7. The SMILES string of the molecule is C[C@@H](NC(=O)CSc1nnc(-c2ccccc2)c2ccccc12)c1ccccc1. The van der Waals surface area contributed by atoms with Crippen molar-refractivity contribution in [1.29, 1.82) is 0 Å². The van der Waals surface area contributed by atoms with E-state index in [0.717, 1.165) is 32.6 Å². The summed E-state index contributed by atoms with van der Waals surface area (Å²) in [6, 6.07) is 28.0. The highest BCUT2D eigenvalue weighted by atomic mass is 32.2. The Morgan fingerprint density at radius 2 is 1.48 bits per heavy atom. The number of hydrogen-bond donors (Lipinski definition) is 1. The number of fused-ring (bicyclic) bond motifs is 1. The zero-order valence-electron chi connectivity index (χ0n) is 16.1. The van der Waals surface area contributed by atoms with Gasteiger partial charge < -0.3 is 5.32 Å². The van der Waals surface area contributed by atoms with Crippen LogP contribution in [0.2, 0.25) is 0 Å². The molecule has 4 nitrogen and oxygen atoms in total. The van der Waals surface area contributed by atoms with Crippen molar-refractivity contribution in [3.05, 3.63) is 90.5 Å². The van der Waals surface area contributed by atoms with E-state index in [1.807, 2.05) is 91.9 Å². The minimum absolute atomic E-state index is 0.0237. The van der Waals surface area contributed by atoms with Crippen LogP contribution in [0.15, 0.2) is 90.0 Å². The molecule has 0 aliphatic rings. The number of rotatable bonds is 6. The summed E-state index contributed by atoms with van der Waals surface area (Å²) in [5.41, 5.74) is 2.97. The van der Waals surface area contributed by atoms with Crippen LogP contribution in [0.1, 0.15) is 18.5 Å². The van der Waals surface area contributed by atoms with Crippen molar-refractivity contribution >= 4 is 28.4 Å². The van der Waals surface area contributed by atoms with Crippen LogP contribution in [0.4, 0.5) is 0 Å². The van der Waals surface area contributed by atoms with Gasteiger partial charge in [0, 0.05) is 16.3 Å². The number of hydrogen-bond acceptors (Lipinski definition) is 4. The lowest BCUT2D eigenvalue weighted by atomic mass is 10.1. The van der Waals surface area contributed by atoms with Gasteiger partial charge in [-0.05, 0) is 12.5 Å². The number of aromatic nitrogens is 2. The molecular weight excluding hydrogens is 378 g/mol. The van der Waals surface area contributed by atoms with E-state index < -0.39 is 0 Å². The van der Waals surface area contributed by atoms with Gasteiger partial charge in [-0.1, -0.05) is 96.7 Å². The Hall–Kier alpha value is -3.18. The summed E-state index contributed by atoms with van der Waals surface area (Å²) >= 11 is 1.41. The molecule has 0 saturated carbocycles. The van der Waals surface area contributed by atoms with Crippen molar-refractivity contribution < 1.29 is 4.79 Å². The summed E-state index contributed by atoms with van der Waals surface area (Å²) in [6.07, 6.45) is 0. The summed E-state index contributed by atoms with van der Waals surface area (Å²) in [5.74, 6) is 0.268. The van der Waals surface area contributed by atoms with Crippen LogP contribution in [0, 0.1) is 0 Å². The molecule has 1 amide bonds. The maximum Gasteiger partial charge on any atom is 0.230 e. The zero-order valence-corrected chi connectivity index (χ0v) is 16.9. The maximum absolute atomic E-state index is 12.4. The van der Waals surface area contributed by atoms with Crippen LogP contribution in [0.3, 0.4) is 0 Å². The molecule has 0 fully saturated rings. The van der Waals surface area contributed by atoms with Gasteiger partial charge in [0.25, 0.3) is 0 Å². The monoisotopic (exact) mass is 399 g/mol. The Bertz CT molecular complexity index is 1120. The van der Waals surface area contributed by atoms with E-state index in [1.165, 1.54) is 11.8 Å². The third-order valence-electron chi connectivity index (χ3n) is 4.72. The number of benzene rings is 3. The molecule has 4 rings (SSSR count). The van der Waals surface area contributed by atoms with Gasteiger partial charge in [0.15, 0.2) is 0 Å². The van der Waals surface area contributed by atoms with E-state index in [4.69, 9.17) is 0 Å². The molecule has 0 spiro atoms. The third-order valence-corrected chi connectivity index (χ3v) is 5.70. The fourth-order valence-corrected chi connectivity index (χ4v) is 4.02. The molecule has 4 aromatic rings. The lowest BCUT2D eigenvalue weighted by Crippen LogP contribution is -2.28. The topological polar surface area (TPSA) is 54.9 Å². The molecule has 1 atom stereocenters. The van der Waals surface area contributed by atoms with Gasteiger partial charge in [0.2, 0.25) is 5.91 Å². The summed E-state index contributed by atoms with van der Waals surface area (Å²) in [6.45, 7) is 1.99. The molecule has 0 unspecified atom stereocenters. The van der Waals surface area contributed by atoms with E-state index in [9.17, 15) is 4.79 Å². The first-order valence-electron chi connectivity index (χ1n) is 9.50. The van der Waals surface area contributed by atoms with Gasteiger partial charge in [-0.15, -0.1) is 10.2 Å². The third kappa shape index (κ3) is 4.46. The van der Waals surface area contributed by atoms with E-state index in [0.29, 0.717) is 5.75 Å². The van der Waals surface area contributed by atoms with Gasteiger partial charge in [-0.2, -0.15) is 0 Å². The second-order valence-electron chi connectivity index (χ2n) is 6.75. The second-order valence-corrected chi connectivity index (χ2v) is 7.72. The number of carbonyl (C=O) groups is 1. The highest BCUT2D eigenvalue weighted by molar-refractivity contribution is 8.00. The number of nitrogens with zero attached hydrogens (tertiary/aromatic N) is 2. The number of carbonyl (C=O) groups excluding carboxylic acids is 1. The predicted molar refractivity (Wildman–Crippen MR) is 119 cm³/mol. The minimum atomic E-state index is -0.0346. The first-order chi connectivity index (χ1) is 14.2. The lowest BCUT2D eigenvalue weighted by Gasteiger charge is -2.14. The van der Waals surface area contributed by atoms with Crippen molar-refractivity contribution in [2.75, 3.05) is 5.75 Å². The van der Waals surface area contributed by atoms with Crippen LogP contribution < -0.4 is 5.32 Å². The van der Waals surface area contributed by atoms with Crippen molar-refractivity contribution in [2.45, 2.75) is 18.0 Å². The van der Waals surface area contributed by atoms with Crippen LogP contribution in [0.5, 0.6) is 0 Å². The highest BCUT2D eigenvalue weighted by Gasteiger charge is 2.14. The molecule has 0 aliphatic heterocycles. The molecule has 0 radical (unpaired) electrons. The Labute approximate surface area is 174 Å². The van der Waals surface area contributed by atoms with Crippen LogP contribution in [-0.2, 0) is 4.79 Å². The van der Waals surface area contributed by atoms with Crippen LogP contribution in [0.25, 0.3) is 22.0 Å². The molecule has 1 heterocycles. The molecular formula is C24H21N3OS. The Morgan fingerprint density at radius 3 is 2.21 bits per heavy atom. The summed E-state index contributed by atoms with van der Waals surface area (Å²) in [7, 11) is 0. The fourth-order valence-electron chi connectivity index (χ4n) is 3.24. The van der Waals surface area contributed by atoms with E-state index in [-0.39, 0.29) is 11.9 Å². The lowest BCUT2D eigenvalue weighted by molar-refractivity contribution is -0.119. The maximum atomic E-state index is 12.4. The summed E-state index contributed by atoms with van der Waals surface area (Å²) in [4.78, 5) is 12.4. The highest BCUT2D eigenvalue weighted by Crippen LogP contribution is 2.31. The first-order valence-corrected chi connectivity index (χ1v) is 10.5. The van der Waals surface area contributed by atoms with E-state index in [1.54, 1.807) is 0 Å². The minimum Gasteiger partial charge on any atom is -0.349 e. The van der Waals surface area contributed by atoms with Gasteiger partial charge in [0.1, 0.15) is 10.7 Å². The first kappa shape index (κ1) is 19.2. The van der Waals surface area contributed by atoms with Crippen molar-refractivity contribution in [3.63, 3.8) is 0 Å². The zero-order chi connectivity index (χ0) is 20.1. The van der Waals surface area contributed by atoms with Gasteiger partial charge >= 0.3 is 0 Å². The molecule has 3 aromatic carbocycles. The van der Waals surface area contributed by atoms with Crippen molar-refractivity contribution in [2.24, 2.45) is 0 Å². The van der Waals surface area contributed by atoms with Gasteiger partial charge in [-0.25, -0.2) is 0 Å². The average molecular weight is 400 g/mol. The molecule has 0 bridgehead atoms. The number of amides is 1. The second kappa shape index (κ2) is 8.88. The van der Waals surface area contributed by atoms with Crippen LogP contribution in [-0.4, -0.2) is 21.9 Å². The number of thioether (sulfide) groups is 1. The predicted octanol–water partition coefficient (Wildman–Crippen LogP) is 5.27. The van der Waals surface area contributed by atoms with E-state index >= 15 is 0 Å². The molecule has 1 N–H and O–H groups in total. The molecule has 144 valence electrons. The normalized spacial score (nSPS) is 11.9. The van der Waals surface area contributed by atoms with E-state index in [2.05, 4.69) is 15.5 Å². The average Bonchev–Trinajstić information content (AvgIpc) is 2.78. The Kier molecular flexibility index (Phi) is 5.86. The van der Waals surface area contributed by atoms with Crippen LogP contribution >= 0.6 is 11.8 Å². The fraction of sp³-hybridized carbons (Fsp3) is 0.125. The molecule has 5 heteroatoms. The van der Waals surface area contributed by atoms with Gasteiger partial charge in [-0.3, -0.25) is 4.79 Å². The Balaban J connectivity index is 1.51. The molecule has 0 aliphatic carbocycles. The van der Waals surface area contributed by atoms with Crippen molar-refractivity contribution in [3.8, 4) is 11.3 Å². The number of nitrogens with one attached hydrogen (secondary N) is 1. The molecule has 0 saturated heterocycles. The standard InChI is InChI=1S/C24H21N3OS/c1-17(18-10-4-2-5-11-18)25-22(28)16-29-24-21-15-9-8-14-20(21)23(26-27-24)19-12-6-3-7-13-19/h2-15,17H,16H2,1H3,(H,25,28)/t17-/m1/s1. The largest absolute Gasteiger partial charge is 0.349 e. The smallest absolute Gasteiger partial charge is 0.230 e. The van der Waals surface area contributed by atoms with Crippen molar-refractivity contribution in [1.82, 2.24) is 15.5 Å². The molecule has 1 aromatic heterocycles. The molecule has 29 heavy (non-hydrogen) atoms. The summed E-state index contributed by atoms with van der Waals surface area (Å²) < 4.78 is 0. The quantitative estimate of drug-likeness (QED) is 0.449.